The number of rotatable bonds is 0. The van der Waals surface area contributed by atoms with Crippen LogP contribution in [0.5, 0.6) is 0 Å². The van der Waals surface area contributed by atoms with Gasteiger partial charge in [-0.2, -0.15) is 0 Å². The van der Waals surface area contributed by atoms with Crippen molar-refractivity contribution in [2.75, 3.05) is 13.2 Å². The van der Waals surface area contributed by atoms with Gasteiger partial charge in [-0.1, -0.05) is 6.58 Å². The fraction of sp³-hybridized carbons (Fsp3) is 0.333. The molecule has 0 saturated carbocycles. The van der Waals surface area contributed by atoms with Crippen molar-refractivity contribution >= 4 is 0 Å². The molecule has 1 N–H and O–H groups in total. The van der Waals surface area contributed by atoms with E-state index in [1.54, 1.807) is 0 Å². The van der Waals surface area contributed by atoms with E-state index in [9.17, 15) is 0 Å². The SMILES string of the molecule is C1CO1.C=C.C=CO. The van der Waals surface area contributed by atoms with Crippen LogP contribution >= 0.6 is 0 Å². The van der Waals surface area contributed by atoms with Crippen LogP contribution in [0, 0.1) is 0 Å². The molecule has 0 aromatic heterocycles. The molecule has 0 spiro atoms. The van der Waals surface area contributed by atoms with E-state index in [4.69, 9.17) is 5.11 Å². The van der Waals surface area contributed by atoms with Crippen LogP contribution in [0.25, 0.3) is 0 Å². The molecule has 0 radical (unpaired) electrons. The summed E-state index contributed by atoms with van der Waals surface area (Å²) >= 11 is 0. The van der Waals surface area contributed by atoms with Crippen molar-refractivity contribution in [3.8, 4) is 0 Å². The van der Waals surface area contributed by atoms with E-state index in [1.807, 2.05) is 0 Å². The first kappa shape index (κ1) is 10.3. The maximum Gasteiger partial charge on any atom is 0.0719 e. The van der Waals surface area contributed by atoms with E-state index in [0.29, 0.717) is 0 Å². The van der Waals surface area contributed by atoms with Crippen molar-refractivity contribution in [3.05, 3.63) is 26.0 Å². The number of aliphatic hydroxyl groups is 1. The summed E-state index contributed by atoms with van der Waals surface area (Å²) < 4.78 is 4.50. The molecule has 1 aliphatic heterocycles. The third-order valence-electron chi connectivity index (χ3n) is 0.204. The maximum atomic E-state index is 7.33. The van der Waals surface area contributed by atoms with Crippen molar-refractivity contribution in [3.63, 3.8) is 0 Å². The summed E-state index contributed by atoms with van der Waals surface area (Å²) in [6.07, 6.45) is 0.750. The third kappa shape index (κ3) is 1640. The molecule has 1 aliphatic rings. The van der Waals surface area contributed by atoms with Gasteiger partial charge in [0.1, 0.15) is 0 Å². The average molecular weight is 116 g/mol. The Morgan fingerprint density at radius 3 is 1.50 bits per heavy atom. The van der Waals surface area contributed by atoms with Crippen molar-refractivity contribution < 1.29 is 9.84 Å². The molecule has 0 amide bonds. The zero-order chi connectivity index (χ0) is 6.83. The van der Waals surface area contributed by atoms with Crippen LogP contribution in [0.2, 0.25) is 0 Å². The molecule has 0 aliphatic carbocycles. The van der Waals surface area contributed by atoms with E-state index in [-0.39, 0.29) is 0 Å². The van der Waals surface area contributed by atoms with Crippen molar-refractivity contribution in [2.45, 2.75) is 0 Å². The molecule has 48 valence electrons. The van der Waals surface area contributed by atoms with Crippen molar-refractivity contribution in [2.24, 2.45) is 0 Å². The lowest BCUT2D eigenvalue weighted by Gasteiger charge is -1.41. The summed E-state index contributed by atoms with van der Waals surface area (Å²) in [6, 6.07) is 0. The Morgan fingerprint density at radius 1 is 1.38 bits per heavy atom. The lowest BCUT2D eigenvalue weighted by Crippen LogP contribution is -1.25. The molecule has 1 saturated heterocycles. The van der Waals surface area contributed by atoms with Gasteiger partial charge in [-0.15, -0.1) is 13.2 Å². The Kier molecular flexibility index (Phi) is 20.9. The molecule has 1 fully saturated rings. The van der Waals surface area contributed by atoms with Crippen LogP contribution in [0.1, 0.15) is 0 Å². The van der Waals surface area contributed by atoms with Gasteiger partial charge in [0.2, 0.25) is 0 Å². The van der Waals surface area contributed by atoms with Gasteiger partial charge in [0, 0.05) is 0 Å². The van der Waals surface area contributed by atoms with E-state index in [1.165, 1.54) is 0 Å². The lowest BCUT2D eigenvalue weighted by molar-refractivity contribution is 0.475. The third-order valence-corrected chi connectivity index (χ3v) is 0.204. The second kappa shape index (κ2) is 16.3. The molecule has 0 atom stereocenters. The van der Waals surface area contributed by atoms with Crippen LogP contribution in [-0.4, -0.2) is 18.3 Å². The fourth-order valence-corrected chi connectivity index (χ4v) is 0. The Balaban J connectivity index is 0. The molecular weight excluding hydrogens is 104 g/mol. The highest BCUT2D eigenvalue weighted by molar-refractivity contribution is 4.38. The minimum Gasteiger partial charge on any atom is -0.516 e. The Labute approximate surface area is 50.1 Å². The summed E-state index contributed by atoms with van der Waals surface area (Å²) in [7, 11) is 0. The first-order valence-corrected chi connectivity index (χ1v) is 2.24. The molecule has 0 bridgehead atoms. The standard InChI is InChI=1S/2C2H4O.C2H4/c1-2-3-1;1-2-3;1-2/h1-2H2;2-3H,1H2;1-2H2. The topological polar surface area (TPSA) is 32.8 Å². The number of epoxide rings is 1. The monoisotopic (exact) mass is 116 g/mol. The Bertz CT molecular complexity index is 39.0. The summed E-state index contributed by atoms with van der Waals surface area (Å²) in [5.41, 5.74) is 0. The van der Waals surface area contributed by atoms with Gasteiger partial charge in [0.15, 0.2) is 0 Å². The number of aliphatic hydroxyl groups excluding tert-OH is 1. The van der Waals surface area contributed by atoms with Crippen LogP contribution in [-0.2, 0) is 4.74 Å². The van der Waals surface area contributed by atoms with E-state index in [2.05, 4.69) is 24.5 Å². The molecule has 0 aromatic rings. The predicted molar refractivity (Wildman–Crippen MR) is 34.9 cm³/mol. The number of hydrogen-bond acceptors (Lipinski definition) is 2. The molecular formula is C6H12O2. The number of ether oxygens (including phenoxy) is 1. The molecule has 2 heteroatoms. The lowest BCUT2D eigenvalue weighted by atomic mass is 11.0. The van der Waals surface area contributed by atoms with Crippen LogP contribution < -0.4 is 0 Å². The highest BCUT2D eigenvalue weighted by atomic mass is 16.6. The van der Waals surface area contributed by atoms with Gasteiger partial charge in [0.05, 0.1) is 19.5 Å². The minimum atomic E-state index is 0.750. The zero-order valence-electron chi connectivity index (χ0n) is 4.97. The van der Waals surface area contributed by atoms with E-state index in [0.717, 1.165) is 19.5 Å². The predicted octanol–water partition coefficient (Wildman–Crippen LogP) is 1.51. The zero-order valence-corrected chi connectivity index (χ0v) is 4.97. The molecule has 1 rings (SSSR count). The summed E-state index contributed by atoms with van der Waals surface area (Å²) in [6.45, 7) is 10.9. The summed E-state index contributed by atoms with van der Waals surface area (Å²) in [5.74, 6) is 0. The van der Waals surface area contributed by atoms with Gasteiger partial charge in [-0.25, -0.2) is 0 Å². The molecule has 2 nitrogen and oxygen atoms in total. The normalized spacial score (nSPS) is 11.0. The Morgan fingerprint density at radius 2 is 1.50 bits per heavy atom. The maximum absolute atomic E-state index is 7.33. The molecule has 1 heterocycles. The Hall–Kier alpha value is -0.760. The van der Waals surface area contributed by atoms with Gasteiger partial charge in [-0.3, -0.25) is 0 Å². The first-order valence-electron chi connectivity index (χ1n) is 2.24. The van der Waals surface area contributed by atoms with Gasteiger partial charge in [-0.05, 0) is 0 Å². The highest BCUT2D eigenvalue weighted by Crippen LogP contribution is 1.84. The van der Waals surface area contributed by atoms with Gasteiger partial charge in [0.25, 0.3) is 0 Å². The second-order valence-electron chi connectivity index (χ2n) is 0.795. The largest absolute Gasteiger partial charge is 0.516 e. The van der Waals surface area contributed by atoms with E-state index >= 15 is 0 Å². The average Bonchev–Trinajstić information content (AvgIpc) is 2.54. The fourth-order valence-electron chi connectivity index (χ4n) is 0. The highest BCUT2D eigenvalue weighted by Gasteiger charge is 1.94. The second-order valence-corrected chi connectivity index (χ2v) is 0.795. The van der Waals surface area contributed by atoms with Crippen LogP contribution in [0.4, 0.5) is 0 Å². The van der Waals surface area contributed by atoms with Crippen LogP contribution in [0.3, 0.4) is 0 Å². The summed E-state index contributed by atoms with van der Waals surface area (Å²) in [4.78, 5) is 0. The smallest absolute Gasteiger partial charge is 0.0719 e. The van der Waals surface area contributed by atoms with Crippen molar-refractivity contribution in [1.29, 1.82) is 0 Å². The quantitative estimate of drug-likeness (QED) is 0.295. The van der Waals surface area contributed by atoms with E-state index < -0.39 is 0 Å². The number of hydrogen-bond donors (Lipinski definition) is 1. The summed E-state index contributed by atoms with van der Waals surface area (Å²) in [5, 5.41) is 7.33. The van der Waals surface area contributed by atoms with Crippen LogP contribution in [0.15, 0.2) is 26.0 Å². The van der Waals surface area contributed by atoms with Gasteiger partial charge >= 0.3 is 0 Å². The first-order chi connectivity index (χ1) is 3.91. The molecule has 8 heavy (non-hydrogen) atoms. The minimum absolute atomic E-state index is 0.750. The van der Waals surface area contributed by atoms with Gasteiger partial charge < -0.3 is 9.84 Å². The van der Waals surface area contributed by atoms with Crippen molar-refractivity contribution in [1.82, 2.24) is 0 Å². The molecule has 0 aromatic carbocycles. The molecule has 0 unspecified atom stereocenters.